The summed E-state index contributed by atoms with van der Waals surface area (Å²) in [6.07, 6.45) is 3.53. The zero-order valence-corrected chi connectivity index (χ0v) is 18.4. The third kappa shape index (κ3) is 4.95. The Labute approximate surface area is 181 Å². The van der Waals surface area contributed by atoms with Crippen molar-refractivity contribution in [1.82, 2.24) is 4.98 Å². The van der Waals surface area contributed by atoms with Gasteiger partial charge in [0.05, 0.1) is 36.5 Å². The highest BCUT2D eigenvalue weighted by atomic mass is 32.1. The molecule has 1 amide bonds. The van der Waals surface area contributed by atoms with Gasteiger partial charge in [-0.15, -0.1) is 0 Å². The molecule has 0 aliphatic carbocycles. The largest absolute Gasteiger partial charge is 0.370 e. The molecule has 3 aromatic rings. The number of hydrogen-bond acceptors (Lipinski definition) is 4. The molecular weight excluding hydrogens is 394 g/mol. The number of carbonyl (C=O) groups excluding carboxylic acids is 1. The Morgan fingerprint density at radius 3 is 2.67 bits per heavy atom. The number of nitrogens with zero attached hydrogens (tertiary/aromatic N) is 2. The second-order valence-electron chi connectivity index (χ2n) is 7.75. The molecule has 30 heavy (non-hydrogen) atoms. The number of quaternary nitrogens is 1. The van der Waals surface area contributed by atoms with Crippen molar-refractivity contribution in [3.05, 3.63) is 65.2 Å². The van der Waals surface area contributed by atoms with E-state index in [1.165, 1.54) is 16.0 Å². The Hall–Kier alpha value is -2.54. The average Bonchev–Trinajstić information content (AvgIpc) is 3.16. The van der Waals surface area contributed by atoms with Crippen molar-refractivity contribution in [1.29, 1.82) is 0 Å². The van der Waals surface area contributed by atoms with Gasteiger partial charge >= 0.3 is 0 Å². The van der Waals surface area contributed by atoms with Crippen LogP contribution in [-0.2, 0) is 9.53 Å². The van der Waals surface area contributed by atoms with E-state index in [2.05, 4.69) is 26.0 Å². The third-order valence-electron chi connectivity index (χ3n) is 5.60. The highest BCUT2D eigenvalue weighted by molar-refractivity contribution is 7.22. The summed E-state index contributed by atoms with van der Waals surface area (Å²) in [6.45, 7) is 9.30. The van der Waals surface area contributed by atoms with E-state index in [0.717, 1.165) is 53.8 Å². The molecule has 0 atom stereocenters. The molecule has 0 spiro atoms. The highest BCUT2D eigenvalue weighted by Crippen LogP contribution is 2.31. The van der Waals surface area contributed by atoms with Gasteiger partial charge in [-0.25, -0.2) is 4.98 Å². The molecular formula is C24H28N3O2S+. The Morgan fingerprint density at radius 2 is 1.90 bits per heavy atom. The van der Waals surface area contributed by atoms with Crippen LogP contribution >= 0.6 is 11.3 Å². The average molecular weight is 423 g/mol. The number of rotatable bonds is 6. The van der Waals surface area contributed by atoms with Crippen LogP contribution in [0.3, 0.4) is 0 Å². The zero-order valence-electron chi connectivity index (χ0n) is 17.6. The van der Waals surface area contributed by atoms with Gasteiger partial charge in [-0.1, -0.05) is 41.7 Å². The van der Waals surface area contributed by atoms with Crippen LogP contribution < -0.4 is 9.80 Å². The summed E-state index contributed by atoms with van der Waals surface area (Å²) in [5.74, 6) is -0.0287. The number of morpholine rings is 1. The topological polar surface area (TPSA) is 46.9 Å². The smallest absolute Gasteiger partial charge is 0.252 e. The van der Waals surface area contributed by atoms with E-state index in [1.54, 1.807) is 17.4 Å². The van der Waals surface area contributed by atoms with Crippen LogP contribution in [0, 0.1) is 13.8 Å². The lowest BCUT2D eigenvalue weighted by Gasteiger charge is -2.26. The molecule has 1 aliphatic heterocycles. The summed E-state index contributed by atoms with van der Waals surface area (Å²) in [6, 6.07) is 14.2. The van der Waals surface area contributed by atoms with Gasteiger partial charge in [-0.2, -0.15) is 0 Å². The summed E-state index contributed by atoms with van der Waals surface area (Å²) >= 11 is 1.59. The van der Waals surface area contributed by atoms with Crippen molar-refractivity contribution in [2.75, 3.05) is 44.3 Å². The number of aryl methyl sites for hydroxylation is 2. The maximum atomic E-state index is 13.2. The molecule has 0 unspecified atom stereocenters. The van der Waals surface area contributed by atoms with Crippen molar-refractivity contribution in [3.8, 4) is 0 Å². The first-order chi connectivity index (χ1) is 14.6. The fraction of sp³-hybridized carbons (Fsp3) is 0.333. The number of carbonyl (C=O) groups is 1. The van der Waals surface area contributed by atoms with Gasteiger partial charge in [0.25, 0.3) is 5.91 Å². The highest BCUT2D eigenvalue weighted by Gasteiger charge is 2.22. The molecule has 4 rings (SSSR count). The SMILES string of the molecule is Cc1cc2nc(N(CC[NH+]3CCOCC3)C(=O)/C=C/c3ccccc3)sc2cc1C. The van der Waals surface area contributed by atoms with E-state index in [9.17, 15) is 4.79 Å². The number of amides is 1. The van der Waals surface area contributed by atoms with Crippen LogP contribution in [0.2, 0.25) is 0 Å². The lowest BCUT2D eigenvalue weighted by molar-refractivity contribution is -0.906. The fourth-order valence-corrected chi connectivity index (χ4v) is 4.66. The lowest BCUT2D eigenvalue weighted by Crippen LogP contribution is -3.14. The zero-order chi connectivity index (χ0) is 20.9. The van der Waals surface area contributed by atoms with E-state index in [0.29, 0.717) is 6.54 Å². The van der Waals surface area contributed by atoms with Gasteiger partial charge in [0.15, 0.2) is 5.13 Å². The van der Waals surface area contributed by atoms with Gasteiger partial charge in [-0.3, -0.25) is 9.69 Å². The van der Waals surface area contributed by atoms with Crippen molar-refractivity contribution in [3.63, 3.8) is 0 Å². The molecule has 2 heterocycles. The number of aromatic nitrogens is 1. The van der Waals surface area contributed by atoms with E-state index in [4.69, 9.17) is 9.72 Å². The monoisotopic (exact) mass is 422 g/mol. The lowest BCUT2D eigenvalue weighted by atomic mass is 10.1. The quantitative estimate of drug-likeness (QED) is 0.622. The van der Waals surface area contributed by atoms with E-state index in [-0.39, 0.29) is 5.91 Å². The van der Waals surface area contributed by atoms with Crippen molar-refractivity contribution in [2.24, 2.45) is 0 Å². The second-order valence-corrected chi connectivity index (χ2v) is 8.76. The van der Waals surface area contributed by atoms with Crippen LogP contribution in [0.1, 0.15) is 16.7 Å². The predicted octanol–water partition coefficient (Wildman–Crippen LogP) is 2.87. The number of hydrogen-bond donors (Lipinski definition) is 1. The summed E-state index contributed by atoms with van der Waals surface area (Å²) in [5.41, 5.74) is 4.44. The van der Waals surface area contributed by atoms with Crippen LogP contribution in [0.25, 0.3) is 16.3 Å². The van der Waals surface area contributed by atoms with Crippen LogP contribution in [0.15, 0.2) is 48.5 Å². The first-order valence-electron chi connectivity index (χ1n) is 10.4. The minimum atomic E-state index is -0.0287. The van der Waals surface area contributed by atoms with E-state index in [1.807, 2.05) is 41.3 Å². The molecule has 1 saturated heterocycles. The maximum Gasteiger partial charge on any atom is 0.252 e. The Morgan fingerprint density at radius 1 is 1.17 bits per heavy atom. The second kappa shape index (κ2) is 9.51. The molecule has 6 heteroatoms. The molecule has 0 saturated carbocycles. The standard InChI is InChI=1S/C24H27N3O2S/c1-18-16-21-22(17-19(18)2)30-24(25-21)27(11-10-26-12-14-29-15-13-26)23(28)9-8-20-6-4-3-5-7-20/h3-9,16-17H,10-15H2,1-2H3/p+1/b9-8+. The van der Waals surface area contributed by atoms with Crippen molar-refractivity contribution in [2.45, 2.75) is 13.8 Å². The maximum absolute atomic E-state index is 13.2. The first kappa shape index (κ1) is 20.7. The van der Waals surface area contributed by atoms with Gasteiger partial charge in [-0.05, 0) is 48.7 Å². The number of fused-ring (bicyclic) bond motifs is 1. The summed E-state index contributed by atoms with van der Waals surface area (Å²) in [7, 11) is 0. The first-order valence-corrected chi connectivity index (χ1v) is 11.3. The van der Waals surface area contributed by atoms with E-state index >= 15 is 0 Å². The number of benzene rings is 2. The summed E-state index contributed by atoms with van der Waals surface area (Å²) in [5, 5.41) is 0.769. The number of nitrogens with one attached hydrogen (secondary N) is 1. The molecule has 1 aliphatic rings. The van der Waals surface area contributed by atoms with Gasteiger partial charge in [0.1, 0.15) is 13.1 Å². The fourth-order valence-electron chi connectivity index (χ4n) is 3.58. The molecule has 0 bridgehead atoms. The normalized spacial score (nSPS) is 15.1. The molecule has 0 radical (unpaired) electrons. The Bertz CT molecular complexity index is 1000. The number of anilines is 1. The van der Waals surface area contributed by atoms with Crippen molar-refractivity contribution < 1.29 is 14.4 Å². The Balaban J connectivity index is 1.59. The molecule has 1 fully saturated rings. The van der Waals surface area contributed by atoms with Gasteiger partial charge in [0, 0.05) is 6.08 Å². The van der Waals surface area contributed by atoms with Gasteiger partial charge in [0.2, 0.25) is 0 Å². The minimum absolute atomic E-state index is 0.0287. The molecule has 5 nitrogen and oxygen atoms in total. The van der Waals surface area contributed by atoms with Crippen LogP contribution in [0.5, 0.6) is 0 Å². The van der Waals surface area contributed by atoms with Gasteiger partial charge < -0.3 is 9.64 Å². The van der Waals surface area contributed by atoms with E-state index < -0.39 is 0 Å². The van der Waals surface area contributed by atoms with Crippen molar-refractivity contribution >= 4 is 38.7 Å². The minimum Gasteiger partial charge on any atom is -0.370 e. The molecule has 156 valence electrons. The number of thiazole rings is 1. The van der Waals surface area contributed by atoms with Crippen LogP contribution in [-0.4, -0.2) is 50.3 Å². The number of ether oxygens (including phenoxy) is 1. The summed E-state index contributed by atoms with van der Waals surface area (Å²) < 4.78 is 6.59. The predicted molar refractivity (Wildman–Crippen MR) is 123 cm³/mol. The summed E-state index contributed by atoms with van der Waals surface area (Å²) in [4.78, 5) is 21.3. The molecule has 2 aromatic carbocycles. The third-order valence-corrected chi connectivity index (χ3v) is 6.64. The molecule has 1 N–H and O–H groups in total. The molecule has 1 aromatic heterocycles. The Kier molecular flexibility index (Phi) is 6.57. The van der Waals surface area contributed by atoms with Crippen LogP contribution in [0.4, 0.5) is 5.13 Å².